The van der Waals surface area contributed by atoms with Crippen molar-refractivity contribution in [2.45, 2.75) is 32.9 Å². The van der Waals surface area contributed by atoms with Crippen LogP contribution in [-0.4, -0.2) is 35.2 Å². The molecule has 0 amide bonds. The van der Waals surface area contributed by atoms with Gasteiger partial charge in [-0.2, -0.15) is 0 Å². The first-order valence-electron chi connectivity index (χ1n) is 9.04. The van der Waals surface area contributed by atoms with Crippen molar-refractivity contribution in [3.05, 3.63) is 48.4 Å². The van der Waals surface area contributed by atoms with Gasteiger partial charge in [-0.25, -0.2) is 9.98 Å². The fourth-order valence-electron chi connectivity index (χ4n) is 2.45. The van der Waals surface area contributed by atoms with Crippen LogP contribution in [0, 0.1) is 5.92 Å². The van der Waals surface area contributed by atoms with E-state index in [4.69, 9.17) is 4.74 Å². The molecule has 1 fully saturated rings. The highest BCUT2D eigenvalue weighted by Crippen LogP contribution is 2.29. The summed E-state index contributed by atoms with van der Waals surface area (Å²) in [7, 11) is 0. The lowest BCUT2D eigenvalue weighted by Crippen LogP contribution is -2.38. The molecule has 26 heavy (non-hydrogen) atoms. The lowest BCUT2D eigenvalue weighted by atomic mass is 10.3. The topological polar surface area (TPSA) is 63.5 Å². The molecule has 7 heteroatoms. The van der Waals surface area contributed by atoms with Gasteiger partial charge in [0.2, 0.25) is 5.88 Å². The van der Waals surface area contributed by atoms with Crippen LogP contribution in [0.3, 0.4) is 0 Å². The summed E-state index contributed by atoms with van der Waals surface area (Å²) in [5, 5.41) is 6.64. The Bertz CT molecular complexity index is 670. The van der Waals surface area contributed by atoms with Crippen molar-refractivity contribution in [2.75, 3.05) is 19.7 Å². The minimum atomic E-state index is 0. The molecule has 1 saturated carbocycles. The number of hydrogen-bond acceptors (Lipinski definition) is 3. The van der Waals surface area contributed by atoms with Crippen LogP contribution in [-0.2, 0) is 13.1 Å². The van der Waals surface area contributed by atoms with Crippen LogP contribution in [0.25, 0.3) is 0 Å². The summed E-state index contributed by atoms with van der Waals surface area (Å²) in [5.41, 5.74) is 1.10. The van der Waals surface area contributed by atoms with E-state index in [0.717, 1.165) is 43.7 Å². The maximum Gasteiger partial charge on any atom is 0.213 e. The molecule has 2 N–H and O–H groups in total. The average molecular weight is 469 g/mol. The predicted molar refractivity (Wildman–Crippen MR) is 115 cm³/mol. The van der Waals surface area contributed by atoms with Gasteiger partial charge in [0.15, 0.2) is 5.96 Å². The highest BCUT2D eigenvalue weighted by molar-refractivity contribution is 14.0. The molecule has 2 heterocycles. The van der Waals surface area contributed by atoms with Gasteiger partial charge in [0.05, 0.1) is 13.2 Å². The Hall–Kier alpha value is -1.77. The SMILES string of the molecule is CCNC(=NCc1ccnc(OCC2CC2)c1)NCCn1cccc1.I. The first-order valence-corrected chi connectivity index (χ1v) is 9.04. The van der Waals surface area contributed by atoms with E-state index in [2.05, 4.69) is 44.5 Å². The minimum absolute atomic E-state index is 0. The first-order chi connectivity index (χ1) is 12.3. The summed E-state index contributed by atoms with van der Waals surface area (Å²) in [4.78, 5) is 8.93. The van der Waals surface area contributed by atoms with Gasteiger partial charge in [0.1, 0.15) is 0 Å². The normalized spacial score (nSPS) is 13.8. The third-order valence-corrected chi connectivity index (χ3v) is 4.06. The smallest absolute Gasteiger partial charge is 0.213 e. The van der Waals surface area contributed by atoms with E-state index in [1.165, 1.54) is 12.8 Å². The molecule has 0 aromatic carbocycles. The zero-order valence-electron chi connectivity index (χ0n) is 15.2. The van der Waals surface area contributed by atoms with Crippen LogP contribution in [0.15, 0.2) is 47.8 Å². The zero-order valence-corrected chi connectivity index (χ0v) is 17.6. The Morgan fingerprint density at radius 1 is 1.31 bits per heavy atom. The fourth-order valence-corrected chi connectivity index (χ4v) is 2.45. The Kier molecular flexibility index (Phi) is 8.73. The average Bonchev–Trinajstić information content (AvgIpc) is 3.32. The Labute approximate surface area is 172 Å². The van der Waals surface area contributed by atoms with E-state index in [0.29, 0.717) is 12.4 Å². The summed E-state index contributed by atoms with van der Waals surface area (Å²) in [5.74, 6) is 2.26. The Morgan fingerprint density at radius 2 is 2.12 bits per heavy atom. The molecule has 3 rings (SSSR count). The molecule has 1 aliphatic carbocycles. The van der Waals surface area contributed by atoms with Crippen LogP contribution >= 0.6 is 24.0 Å². The van der Waals surface area contributed by atoms with Gasteiger partial charge in [-0.1, -0.05) is 0 Å². The van der Waals surface area contributed by atoms with Crippen molar-refractivity contribution in [3.8, 4) is 5.88 Å². The van der Waals surface area contributed by atoms with Gasteiger partial charge in [0.25, 0.3) is 0 Å². The number of pyridine rings is 1. The summed E-state index contributed by atoms with van der Waals surface area (Å²) >= 11 is 0. The number of ether oxygens (including phenoxy) is 1. The van der Waals surface area contributed by atoms with Gasteiger partial charge < -0.3 is 19.9 Å². The number of aromatic nitrogens is 2. The van der Waals surface area contributed by atoms with Crippen molar-refractivity contribution in [2.24, 2.45) is 10.9 Å². The summed E-state index contributed by atoms with van der Waals surface area (Å²) < 4.78 is 7.88. The van der Waals surface area contributed by atoms with Crippen LogP contribution < -0.4 is 15.4 Å². The molecule has 142 valence electrons. The lowest BCUT2D eigenvalue weighted by molar-refractivity contribution is 0.288. The summed E-state index contributed by atoms with van der Waals surface area (Å²) in [6.07, 6.45) is 8.48. The van der Waals surface area contributed by atoms with Gasteiger partial charge >= 0.3 is 0 Å². The second-order valence-electron chi connectivity index (χ2n) is 6.30. The number of nitrogens with one attached hydrogen (secondary N) is 2. The highest BCUT2D eigenvalue weighted by Gasteiger charge is 2.22. The zero-order chi connectivity index (χ0) is 17.3. The number of halogens is 1. The molecule has 0 radical (unpaired) electrons. The molecule has 0 unspecified atom stereocenters. The predicted octanol–water partition coefficient (Wildman–Crippen LogP) is 3.05. The minimum Gasteiger partial charge on any atom is -0.477 e. The third kappa shape index (κ3) is 7.23. The van der Waals surface area contributed by atoms with E-state index in [1.807, 2.05) is 24.3 Å². The van der Waals surface area contributed by atoms with Crippen LogP contribution in [0.4, 0.5) is 0 Å². The quantitative estimate of drug-likeness (QED) is 0.337. The number of guanidine groups is 1. The number of nitrogens with zero attached hydrogens (tertiary/aromatic N) is 3. The Balaban J connectivity index is 0.00000243. The molecule has 0 aliphatic heterocycles. The highest BCUT2D eigenvalue weighted by atomic mass is 127. The molecule has 0 spiro atoms. The number of rotatable bonds is 9. The molecule has 0 atom stereocenters. The molecule has 1 aliphatic rings. The van der Waals surface area contributed by atoms with Gasteiger partial charge in [0, 0.05) is 44.3 Å². The first kappa shape index (κ1) is 20.5. The molecule has 6 nitrogen and oxygen atoms in total. The maximum atomic E-state index is 5.74. The molecule has 2 aromatic heterocycles. The van der Waals surface area contributed by atoms with Gasteiger partial charge in [-0.05, 0) is 49.4 Å². The number of hydrogen-bond donors (Lipinski definition) is 2. The van der Waals surface area contributed by atoms with Gasteiger partial charge in [-0.15, -0.1) is 24.0 Å². The van der Waals surface area contributed by atoms with Crippen LogP contribution in [0.5, 0.6) is 5.88 Å². The molecular weight excluding hydrogens is 441 g/mol. The van der Waals surface area contributed by atoms with E-state index in [-0.39, 0.29) is 24.0 Å². The van der Waals surface area contributed by atoms with Crippen molar-refractivity contribution >= 4 is 29.9 Å². The van der Waals surface area contributed by atoms with Crippen molar-refractivity contribution < 1.29 is 4.74 Å². The lowest BCUT2D eigenvalue weighted by Gasteiger charge is -2.12. The van der Waals surface area contributed by atoms with Crippen LogP contribution in [0.2, 0.25) is 0 Å². The third-order valence-electron chi connectivity index (χ3n) is 4.06. The summed E-state index contributed by atoms with van der Waals surface area (Å²) in [6.45, 7) is 6.02. The van der Waals surface area contributed by atoms with Crippen molar-refractivity contribution in [3.63, 3.8) is 0 Å². The molecule has 0 bridgehead atoms. The summed E-state index contributed by atoms with van der Waals surface area (Å²) in [6, 6.07) is 8.03. The van der Waals surface area contributed by atoms with E-state index >= 15 is 0 Å². The standard InChI is InChI=1S/C19H27N5O.HI/c1-2-20-19(22-9-12-24-10-3-4-11-24)23-14-17-7-8-21-18(13-17)25-15-16-5-6-16;/h3-4,7-8,10-11,13,16H,2,5-6,9,12,14-15H2,1H3,(H2,20,22,23);1H. The molecular formula is C19H28IN5O. The monoisotopic (exact) mass is 469 g/mol. The van der Waals surface area contributed by atoms with Crippen LogP contribution in [0.1, 0.15) is 25.3 Å². The maximum absolute atomic E-state index is 5.74. The second-order valence-corrected chi connectivity index (χ2v) is 6.30. The van der Waals surface area contributed by atoms with Gasteiger partial charge in [-0.3, -0.25) is 0 Å². The van der Waals surface area contributed by atoms with Crippen molar-refractivity contribution in [1.82, 2.24) is 20.2 Å². The second kappa shape index (κ2) is 11.1. The largest absolute Gasteiger partial charge is 0.477 e. The van der Waals surface area contributed by atoms with E-state index in [1.54, 1.807) is 6.20 Å². The molecule has 2 aromatic rings. The fraction of sp³-hybridized carbons (Fsp3) is 0.474. The van der Waals surface area contributed by atoms with E-state index < -0.39 is 0 Å². The van der Waals surface area contributed by atoms with Crippen molar-refractivity contribution in [1.29, 1.82) is 0 Å². The van der Waals surface area contributed by atoms with E-state index in [9.17, 15) is 0 Å². The molecule has 0 saturated heterocycles. The number of aliphatic imine (C=N–C) groups is 1. The Morgan fingerprint density at radius 3 is 2.85 bits per heavy atom.